The number of nitrogens with one attached hydrogen (secondary N) is 1. The van der Waals surface area contributed by atoms with Crippen molar-refractivity contribution in [3.63, 3.8) is 0 Å². The highest BCUT2D eigenvalue weighted by molar-refractivity contribution is 9.10. The van der Waals surface area contributed by atoms with Gasteiger partial charge >= 0.3 is 0 Å². The number of terminal acetylenes is 1. The van der Waals surface area contributed by atoms with Crippen molar-refractivity contribution in [2.75, 3.05) is 0 Å². The zero-order chi connectivity index (χ0) is 11.1. The Morgan fingerprint density at radius 2 is 2.40 bits per heavy atom. The van der Waals surface area contributed by atoms with Gasteiger partial charge in [0.05, 0.1) is 5.69 Å². The average Bonchev–Trinajstić information content (AvgIpc) is 2.24. The first kappa shape index (κ1) is 12.2. The maximum Gasteiger partial charge on any atom is 0.106 e. The lowest BCUT2D eigenvalue weighted by Crippen LogP contribution is -2.27. The maximum atomic E-state index is 5.28. The normalized spacial score (nSPS) is 12.1. The van der Waals surface area contributed by atoms with Crippen LogP contribution in [0.4, 0.5) is 0 Å². The van der Waals surface area contributed by atoms with Gasteiger partial charge in [-0.15, -0.1) is 12.3 Å². The molecule has 0 aliphatic heterocycles. The van der Waals surface area contributed by atoms with E-state index in [1.165, 1.54) is 0 Å². The van der Waals surface area contributed by atoms with Gasteiger partial charge in [0.1, 0.15) is 4.60 Å². The van der Waals surface area contributed by atoms with Gasteiger partial charge in [-0.2, -0.15) is 0 Å². The molecule has 0 aliphatic rings. The molecule has 15 heavy (non-hydrogen) atoms. The van der Waals surface area contributed by atoms with Gasteiger partial charge < -0.3 is 5.32 Å². The molecule has 1 atom stereocenters. The fraction of sp³-hybridized carbons (Fsp3) is 0.417. The standard InChI is InChI=1S/C12H15BrN2/c1-3-6-10(4-2)14-9-11-7-5-8-12(13)15-11/h1,5,7-8,10,14H,4,6,9H2,2H3. The zero-order valence-electron chi connectivity index (χ0n) is 8.83. The lowest BCUT2D eigenvalue weighted by Gasteiger charge is -2.13. The Kier molecular flexibility index (Phi) is 5.38. The van der Waals surface area contributed by atoms with E-state index in [1.54, 1.807) is 0 Å². The van der Waals surface area contributed by atoms with Gasteiger partial charge in [0.15, 0.2) is 0 Å². The highest BCUT2D eigenvalue weighted by atomic mass is 79.9. The first-order valence-electron chi connectivity index (χ1n) is 5.04. The van der Waals surface area contributed by atoms with E-state index in [0.29, 0.717) is 6.04 Å². The summed E-state index contributed by atoms with van der Waals surface area (Å²) in [6.07, 6.45) is 7.09. The Balaban J connectivity index is 2.46. The summed E-state index contributed by atoms with van der Waals surface area (Å²) < 4.78 is 0.867. The third-order valence-electron chi connectivity index (χ3n) is 2.20. The van der Waals surface area contributed by atoms with Crippen molar-refractivity contribution in [3.8, 4) is 12.3 Å². The molecule has 1 unspecified atom stereocenters. The van der Waals surface area contributed by atoms with Crippen molar-refractivity contribution in [3.05, 3.63) is 28.5 Å². The highest BCUT2D eigenvalue weighted by Crippen LogP contribution is 2.06. The van der Waals surface area contributed by atoms with Gasteiger partial charge in [0.2, 0.25) is 0 Å². The van der Waals surface area contributed by atoms with E-state index in [9.17, 15) is 0 Å². The molecular weight excluding hydrogens is 252 g/mol. The first-order chi connectivity index (χ1) is 7.26. The second-order valence-electron chi connectivity index (χ2n) is 3.35. The predicted molar refractivity (Wildman–Crippen MR) is 66.3 cm³/mol. The van der Waals surface area contributed by atoms with E-state index in [2.05, 4.69) is 39.1 Å². The molecule has 1 rings (SSSR count). The molecule has 0 saturated heterocycles. The molecule has 1 aromatic heterocycles. The molecule has 0 bridgehead atoms. The molecule has 0 aromatic carbocycles. The van der Waals surface area contributed by atoms with Crippen molar-refractivity contribution in [1.82, 2.24) is 10.3 Å². The minimum Gasteiger partial charge on any atom is -0.307 e. The molecular formula is C12H15BrN2. The van der Waals surface area contributed by atoms with Crippen LogP contribution in [-0.4, -0.2) is 11.0 Å². The van der Waals surface area contributed by atoms with Crippen LogP contribution in [0.15, 0.2) is 22.8 Å². The smallest absolute Gasteiger partial charge is 0.106 e. The Morgan fingerprint density at radius 1 is 1.60 bits per heavy atom. The molecule has 2 nitrogen and oxygen atoms in total. The van der Waals surface area contributed by atoms with Gasteiger partial charge in [-0.1, -0.05) is 13.0 Å². The predicted octanol–water partition coefficient (Wildman–Crippen LogP) is 2.74. The summed E-state index contributed by atoms with van der Waals surface area (Å²) in [7, 11) is 0. The van der Waals surface area contributed by atoms with Crippen molar-refractivity contribution >= 4 is 15.9 Å². The van der Waals surface area contributed by atoms with Crippen molar-refractivity contribution in [2.24, 2.45) is 0 Å². The van der Waals surface area contributed by atoms with E-state index >= 15 is 0 Å². The topological polar surface area (TPSA) is 24.9 Å². The van der Waals surface area contributed by atoms with Crippen molar-refractivity contribution in [1.29, 1.82) is 0 Å². The molecule has 1 N–H and O–H groups in total. The van der Waals surface area contributed by atoms with E-state index in [0.717, 1.165) is 29.7 Å². The summed E-state index contributed by atoms with van der Waals surface area (Å²) in [5.74, 6) is 2.67. The summed E-state index contributed by atoms with van der Waals surface area (Å²) in [4.78, 5) is 4.34. The average molecular weight is 267 g/mol. The summed E-state index contributed by atoms with van der Waals surface area (Å²) in [6, 6.07) is 6.29. The molecule has 1 heterocycles. The van der Waals surface area contributed by atoms with Gasteiger partial charge in [0, 0.05) is 19.0 Å². The number of pyridine rings is 1. The largest absolute Gasteiger partial charge is 0.307 e. The van der Waals surface area contributed by atoms with Gasteiger partial charge in [-0.3, -0.25) is 0 Å². The molecule has 1 aromatic rings. The minimum atomic E-state index is 0.385. The van der Waals surface area contributed by atoms with Crippen LogP contribution in [0, 0.1) is 12.3 Å². The fourth-order valence-corrected chi connectivity index (χ4v) is 1.68. The quantitative estimate of drug-likeness (QED) is 0.655. The van der Waals surface area contributed by atoms with E-state index in [-0.39, 0.29) is 0 Å². The SMILES string of the molecule is C#CCC(CC)NCc1cccc(Br)n1. The maximum absolute atomic E-state index is 5.28. The molecule has 3 heteroatoms. The molecule has 0 aliphatic carbocycles. The van der Waals surface area contributed by atoms with Crippen LogP contribution in [0.5, 0.6) is 0 Å². The number of hydrogen-bond acceptors (Lipinski definition) is 2. The van der Waals surface area contributed by atoms with Crippen LogP contribution in [0.3, 0.4) is 0 Å². The van der Waals surface area contributed by atoms with Gasteiger partial charge in [-0.25, -0.2) is 4.98 Å². The fourth-order valence-electron chi connectivity index (χ4n) is 1.30. The number of hydrogen-bond donors (Lipinski definition) is 1. The Hall–Kier alpha value is -0.850. The van der Waals surface area contributed by atoms with E-state index in [4.69, 9.17) is 6.42 Å². The number of rotatable bonds is 5. The van der Waals surface area contributed by atoms with Crippen LogP contribution in [-0.2, 0) is 6.54 Å². The monoisotopic (exact) mass is 266 g/mol. The lowest BCUT2D eigenvalue weighted by molar-refractivity contribution is 0.502. The summed E-state index contributed by atoms with van der Waals surface area (Å²) in [5.41, 5.74) is 1.03. The lowest BCUT2D eigenvalue weighted by atomic mass is 10.1. The molecule has 0 radical (unpaired) electrons. The summed E-state index contributed by atoms with van der Waals surface area (Å²) >= 11 is 3.35. The second kappa shape index (κ2) is 6.60. The third-order valence-corrected chi connectivity index (χ3v) is 2.64. The van der Waals surface area contributed by atoms with Crippen LogP contribution in [0.1, 0.15) is 25.5 Å². The summed E-state index contributed by atoms with van der Waals surface area (Å²) in [5, 5.41) is 3.39. The molecule has 0 saturated carbocycles. The number of aromatic nitrogens is 1. The minimum absolute atomic E-state index is 0.385. The zero-order valence-corrected chi connectivity index (χ0v) is 10.4. The van der Waals surface area contributed by atoms with Gasteiger partial charge in [-0.05, 0) is 34.5 Å². The Labute approximate surface area is 99.6 Å². The Bertz CT molecular complexity index is 344. The van der Waals surface area contributed by atoms with Crippen LogP contribution in [0.2, 0.25) is 0 Å². The molecule has 0 amide bonds. The first-order valence-corrected chi connectivity index (χ1v) is 5.83. The highest BCUT2D eigenvalue weighted by Gasteiger charge is 2.03. The molecule has 0 fully saturated rings. The molecule has 80 valence electrons. The van der Waals surface area contributed by atoms with Crippen LogP contribution < -0.4 is 5.32 Å². The van der Waals surface area contributed by atoms with Crippen LogP contribution in [0.25, 0.3) is 0 Å². The van der Waals surface area contributed by atoms with E-state index < -0.39 is 0 Å². The van der Waals surface area contributed by atoms with Gasteiger partial charge in [0.25, 0.3) is 0 Å². The molecule has 0 spiro atoms. The Morgan fingerprint density at radius 3 is 3.00 bits per heavy atom. The van der Waals surface area contributed by atoms with E-state index in [1.807, 2.05) is 18.2 Å². The summed E-state index contributed by atoms with van der Waals surface area (Å²) in [6.45, 7) is 2.89. The number of halogens is 1. The third kappa shape index (κ3) is 4.46. The second-order valence-corrected chi connectivity index (χ2v) is 4.16. The van der Waals surface area contributed by atoms with Crippen molar-refractivity contribution < 1.29 is 0 Å². The van der Waals surface area contributed by atoms with Crippen LogP contribution >= 0.6 is 15.9 Å². The number of nitrogens with zero attached hydrogens (tertiary/aromatic N) is 1. The van der Waals surface area contributed by atoms with Crippen molar-refractivity contribution in [2.45, 2.75) is 32.4 Å².